The monoisotopic (exact) mass is 508 g/mol. The number of rotatable bonds is 7. The van der Waals surface area contributed by atoms with E-state index in [4.69, 9.17) is 4.98 Å². The van der Waals surface area contributed by atoms with Crippen molar-refractivity contribution in [3.8, 4) is 11.5 Å². The minimum atomic E-state index is -3.72. The molecule has 1 fully saturated rings. The van der Waals surface area contributed by atoms with Gasteiger partial charge in [0, 0.05) is 5.69 Å². The lowest BCUT2D eigenvalue weighted by atomic mass is 9.79. The molecule has 2 aromatic carbocycles. The van der Waals surface area contributed by atoms with Crippen LogP contribution in [0.4, 0.5) is 14.6 Å². The predicted octanol–water partition coefficient (Wildman–Crippen LogP) is 5.60. The summed E-state index contributed by atoms with van der Waals surface area (Å²) in [5.74, 6) is -1.02. The highest BCUT2D eigenvalue weighted by Crippen LogP contribution is 2.52. The Balaban J connectivity index is 1.35. The summed E-state index contributed by atoms with van der Waals surface area (Å²) in [7, 11) is 0. The number of nitrogens with zero attached hydrogens (tertiary/aromatic N) is 1. The van der Waals surface area contributed by atoms with Crippen LogP contribution in [-0.2, 0) is 22.0 Å². The number of carbonyl (C=O) groups is 2. The molecule has 1 saturated carbocycles. The van der Waals surface area contributed by atoms with Crippen LogP contribution in [0.3, 0.4) is 0 Å². The van der Waals surface area contributed by atoms with Crippen LogP contribution in [0.25, 0.3) is 0 Å². The molecule has 9 heteroatoms. The number of pyridine rings is 1. The van der Waals surface area contributed by atoms with Gasteiger partial charge >= 0.3 is 12.3 Å². The summed E-state index contributed by atoms with van der Waals surface area (Å²) in [6.45, 7) is 5.97. The lowest BCUT2D eigenvalue weighted by Gasteiger charge is -2.26. The first-order chi connectivity index (χ1) is 17.4. The van der Waals surface area contributed by atoms with Crippen molar-refractivity contribution in [1.29, 1.82) is 0 Å². The molecular weight excluding hydrogens is 482 g/mol. The highest BCUT2D eigenvalue weighted by Gasteiger charge is 2.53. The summed E-state index contributed by atoms with van der Waals surface area (Å²) in [6, 6.07) is 14.9. The van der Waals surface area contributed by atoms with Crippen LogP contribution in [0.15, 0.2) is 54.6 Å². The third-order valence-corrected chi connectivity index (χ3v) is 7.08. The van der Waals surface area contributed by atoms with Gasteiger partial charge in [-0.3, -0.25) is 4.79 Å². The van der Waals surface area contributed by atoms with Gasteiger partial charge in [-0.1, -0.05) is 38.1 Å². The molecule has 192 valence electrons. The lowest BCUT2D eigenvalue weighted by molar-refractivity contribution is -0.286. The smallest absolute Gasteiger partial charge is 0.478 e. The molecule has 2 aliphatic rings. The van der Waals surface area contributed by atoms with Crippen LogP contribution in [-0.4, -0.2) is 28.3 Å². The Morgan fingerprint density at radius 3 is 2.49 bits per heavy atom. The zero-order valence-corrected chi connectivity index (χ0v) is 20.6. The van der Waals surface area contributed by atoms with Gasteiger partial charge in [0.15, 0.2) is 11.5 Å². The number of alkyl halides is 2. The highest BCUT2D eigenvalue weighted by molar-refractivity contribution is 6.01. The first-order valence-electron chi connectivity index (χ1n) is 11.9. The van der Waals surface area contributed by atoms with Gasteiger partial charge in [-0.2, -0.15) is 0 Å². The van der Waals surface area contributed by atoms with E-state index in [9.17, 15) is 23.5 Å². The third kappa shape index (κ3) is 4.73. The molecule has 0 unspecified atom stereocenters. The fourth-order valence-corrected chi connectivity index (χ4v) is 4.67. The lowest BCUT2D eigenvalue weighted by Crippen LogP contribution is -2.28. The Kier molecular flexibility index (Phi) is 5.69. The van der Waals surface area contributed by atoms with E-state index >= 15 is 0 Å². The zero-order chi connectivity index (χ0) is 26.6. The largest absolute Gasteiger partial charge is 0.586 e. The Labute approximate surface area is 212 Å². The molecule has 1 aromatic heterocycles. The number of benzene rings is 2. The summed E-state index contributed by atoms with van der Waals surface area (Å²) < 4.78 is 35.9. The van der Waals surface area contributed by atoms with Crippen LogP contribution in [0.1, 0.15) is 59.4 Å². The number of fused-ring (bicyclic) bond motifs is 1. The van der Waals surface area contributed by atoms with Crippen molar-refractivity contribution in [1.82, 2.24) is 4.98 Å². The molecular formula is C28H26F2N2O5. The van der Waals surface area contributed by atoms with E-state index in [0.717, 1.165) is 16.8 Å². The number of anilines is 1. The first-order valence-corrected chi connectivity index (χ1v) is 11.9. The molecule has 0 bridgehead atoms. The van der Waals surface area contributed by atoms with E-state index in [1.54, 1.807) is 30.3 Å². The number of ether oxygens (including phenoxy) is 2. The Hall–Kier alpha value is -4.01. The van der Waals surface area contributed by atoms with Crippen molar-refractivity contribution >= 4 is 17.7 Å². The summed E-state index contributed by atoms with van der Waals surface area (Å²) in [6.07, 6.45) is -2.06. The number of aromatic carboxylic acids is 1. The quantitative estimate of drug-likeness (QED) is 0.431. The number of carbonyl (C=O) groups excluding carboxylic acids is 1. The fourth-order valence-electron chi connectivity index (χ4n) is 4.67. The molecule has 0 spiro atoms. The highest BCUT2D eigenvalue weighted by atomic mass is 19.3. The van der Waals surface area contributed by atoms with Gasteiger partial charge in [-0.15, -0.1) is 8.78 Å². The number of carboxylic acids is 1. The molecule has 5 rings (SSSR count). The molecule has 0 saturated heterocycles. The van der Waals surface area contributed by atoms with Crippen molar-refractivity contribution in [2.75, 3.05) is 5.32 Å². The van der Waals surface area contributed by atoms with Gasteiger partial charge in [0.05, 0.1) is 11.0 Å². The molecule has 2 N–H and O–H groups in total. The molecule has 37 heavy (non-hydrogen) atoms. The molecule has 0 atom stereocenters. The van der Waals surface area contributed by atoms with Crippen molar-refractivity contribution in [2.24, 2.45) is 0 Å². The molecule has 3 aromatic rings. The molecule has 1 aliphatic carbocycles. The van der Waals surface area contributed by atoms with E-state index in [-0.39, 0.29) is 23.0 Å². The first kappa shape index (κ1) is 24.7. The summed E-state index contributed by atoms with van der Waals surface area (Å²) in [5, 5.41) is 12.2. The van der Waals surface area contributed by atoms with E-state index < -0.39 is 23.1 Å². The van der Waals surface area contributed by atoms with Gasteiger partial charge in [0.2, 0.25) is 5.91 Å². The number of amides is 1. The van der Waals surface area contributed by atoms with E-state index in [1.165, 1.54) is 12.1 Å². The van der Waals surface area contributed by atoms with Gasteiger partial charge < -0.3 is 19.9 Å². The predicted molar refractivity (Wildman–Crippen MR) is 131 cm³/mol. The van der Waals surface area contributed by atoms with Gasteiger partial charge in [-0.25, -0.2) is 9.78 Å². The van der Waals surface area contributed by atoms with Crippen molar-refractivity contribution in [3.63, 3.8) is 0 Å². The molecule has 1 aliphatic heterocycles. The van der Waals surface area contributed by atoms with Crippen molar-refractivity contribution in [2.45, 2.75) is 57.2 Å². The summed E-state index contributed by atoms with van der Waals surface area (Å²) in [4.78, 5) is 29.4. The maximum atomic E-state index is 13.4. The SMILES string of the molecule is Cc1ccc(NC(=O)C2(c3ccc4c(c3)OC(F)(F)O4)CC2)nc1CC(C)(C)c1cccc(C(=O)O)c1. The number of hydrogen-bond acceptors (Lipinski definition) is 5. The molecule has 2 heterocycles. The number of nitrogens with one attached hydrogen (secondary N) is 1. The average Bonchev–Trinajstić information content (AvgIpc) is 3.58. The second-order valence-corrected chi connectivity index (χ2v) is 10.3. The standard InChI is InChI=1S/C28H26F2N2O5/c1-16-7-10-23(31-20(16)15-26(2,3)18-6-4-5-17(13-18)24(33)34)32-25(35)27(11-12-27)19-8-9-21-22(14-19)37-28(29,30)36-21/h4-10,13-14H,11-12,15H2,1-3H3,(H,33,34)(H,31,32,35). The van der Waals surface area contributed by atoms with Gasteiger partial charge in [-0.05, 0) is 78.6 Å². The number of halogens is 2. The van der Waals surface area contributed by atoms with E-state index in [0.29, 0.717) is 30.6 Å². The third-order valence-electron chi connectivity index (χ3n) is 7.08. The maximum absolute atomic E-state index is 13.4. The normalized spacial score (nSPS) is 16.8. The number of aromatic nitrogens is 1. The van der Waals surface area contributed by atoms with Gasteiger partial charge in [0.1, 0.15) is 5.82 Å². The minimum absolute atomic E-state index is 0.0636. The van der Waals surface area contributed by atoms with Crippen LogP contribution >= 0.6 is 0 Å². The number of carboxylic acid groups (broad SMARTS) is 1. The summed E-state index contributed by atoms with van der Waals surface area (Å²) in [5.41, 5.74) is 2.12. The summed E-state index contributed by atoms with van der Waals surface area (Å²) >= 11 is 0. The fraction of sp³-hybridized carbons (Fsp3) is 0.321. The van der Waals surface area contributed by atoms with Crippen LogP contribution in [0.5, 0.6) is 11.5 Å². The number of hydrogen-bond donors (Lipinski definition) is 2. The topological polar surface area (TPSA) is 97.8 Å². The zero-order valence-electron chi connectivity index (χ0n) is 20.6. The minimum Gasteiger partial charge on any atom is -0.478 e. The Morgan fingerprint density at radius 2 is 1.78 bits per heavy atom. The molecule has 7 nitrogen and oxygen atoms in total. The van der Waals surface area contributed by atoms with Crippen molar-refractivity contribution in [3.05, 3.63) is 82.5 Å². The van der Waals surface area contributed by atoms with Crippen molar-refractivity contribution < 1.29 is 33.0 Å². The average molecular weight is 509 g/mol. The van der Waals surface area contributed by atoms with Gasteiger partial charge in [0.25, 0.3) is 0 Å². The molecule has 0 radical (unpaired) electrons. The number of aryl methyl sites for hydroxylation is 1. The van der Waals surface area contributed by atoms with Crippen LogP contribution in [0.2, 0.25) is 0 Å². The van der Waals surface area contributed by atoms with Crippen LogP contribution in [0, 0.1) is 6.92 Å². The Morgan fingerprint density at radius 1 is 1.05 bits per heavy atom. The van der Waals surface area contributed by atoms with E-state index in [2.05, 4.69) is 14.8 Å². The van der Waals surface area contributed by atoms with E-state index in [1.807, 2.05) is 32.9 Å². The molecule has 1 amide bonds. The Bertz CT molecular complexity index is 1420. The second-order valence-electron chi connectivity index (χ2n) is 10.3. The maximum Gasteiger partial charge on any atom is 0.586 e. The second kappa shape index (κ2) is 8.54. The van der Waals surface area contributed by atoms with Crippen LogP contribution < -0.4 is 14.8 Å².